The second kappa shape index (κ2) is 9.04. The van der Waals surface area contributed by atoms with E-state index in [0.717, 1.165) is 11.1 Å². The average Bonchev–Trinajstić information content (AvgIpc) is 3.34. The van der Waals surface area contributed by atoms with Gasteiger partial charge in [-0.25, -0.2) is 0 Å². The maximum Gasteiger partial charge on any atom is 0.339 e. The molecule has 0 saturated heterocycles. The van der Waals surface area contributed by atoms with Gasteiger partial charge in [-0.15, -0.1) is 0 Å². The van der Waals surface area contributed by atoms with Gasteiger partial charge in [0.05, 0.1) is 11.0 Å². The SMILES string of the molecule is Cc1ccc(S(=O)(=O)OC2=C([C@H]3CCC[C@@H]3OS(=O)(=O)c3ccc(C)cc3)CCC2=O)cc1. The largest absolute Gasteiger partial charge is 0.375 e. The molecule has 2 aliphatic carbocycles. The third-order valence-corrected chi connectivity index (χ3v) is 8.71. The van der Waals surface area contributed by atoms with E-state index in [2.05, 4.69) is 0 Å². The number of hydrogen-bond acceptors (Lipinski definition) is 7. The fourth-order valence-electron chi connectivity index (χ4n) is 4.33. The molecule has 0 aromatic heterocycles. The molecule has 1 fully saturated rings. The Morgan fingerprint density at radius 1 is 0.758 bits per heavy atom. The predicted octanol–water partition coefficient (Wildman–Crippen LogP) is 4.20. The Morgan fingerprint density at radius 3 is 1.88 bits per heavy atom. The quantitative estimate of drug-likeness (QED) is 0.536. The van der Waals surface area contributed by atoms with Gasteiger partial charge in [0.1, 0.15) is 4.90 Å². The molecule has 33 heavy (non-hydrogen) atoms. The number of hydrogen-bond donors (Lipinski definition) is 0. The molecule has 9 heteroatoms. The van der Waals surface area contributed by atoms with Crippen LogP contribution in [0.2, 0.25) is 0 Å². The van der Waals surface area contributed by atoms with Crippen molar-refractivity contribution in [3.05, 3.63) is 71.0 Å². The summed E-state index contributed by atoms with van der Waals surface area (Å²) in [6.07, 6.45) is 1.56. The summed E-state index contributed by atoms with van der Waals surface area (Å²) >= 11 is 0. The number of carbonyl (C=O) groups excluding carboxylic acids is 1. The van der Waals surface area contributed by atoms with E-state index < -0.39 is 38.0 Å². The van der Waals surface area contributed by atoms with E-state index in [1.807, 2.05) is 13.8 Å². The van der Waals surface area contributed by atoms with Crippen LogP contribution in [0.15, 0.2) is 69.7 Å². The van der Waals surface area contributed by atoms with Crippen molar-refractivity contribution < 1.29 is 30.0 Å². The van der Waals surface area contributed by atoms with Gasteiger partial charge in [-0.1, -0.05) is 41.8 Å². The molecule has 2 atom stereocenters. The van der Waals surface area contributed by atoms with Crippen LogP contribution in [0.1, 0.15) is 43.2 Å². The molecule has 0 aliphatic heterocycles. The van der Waals surface area contributed by atoms with Crippen LogP contribution in [0.4, 0.5) is 0 Å². The molecule has 0 amide bonds. The topological polar surface area (TPSA) is 104 Å². The van der Waals surface area contributed by atoms with Crippen molar-refractivity contribution >= 4 is 26.0 Å². The Bertz CT molecular complexity index is 1290. The predicted molar refractivity (Wildman–Crippen MR) is 121 cm³/mol. The van der Waals surface area contributed by atoms with Crippen molar-refractivity contribution in [2.24, 2.45) is 5.92 Å². The summed E-state index contributed by atoms with van der Waals surface area (Å²) in [5, 5.41) is 0. The first kappa shape index (κ1) is 23.7. The third-order valence-electron chi connectivity index (χ3n) is 6.13. The Balaban J connectivity index is 1.60. The van der Waals surface area contributed by atoms with E-state index >= 15 is 0 Å². The first-order valence-electron chi connectivity index (χ1n) is 10.8. The number of benzene rings is 2. The molecule has 0 N–H and O–H groups in total. The molecule has 0 heterocycles. The van der Waals surface area contributed by atoms with Gasteiger partial charge in [-0.05, 0) is 62.9 Å². The summed E-state index contributed by atoms with van der Waals surface area (Å²) in [6.45, 7) is 3.70. The molecule has 1 saturated carbocycles. The third kappa shape index (κ3) is 5.05. The minimum absolute atomic E-state index is 0.0409. The maximum atomic E-state index is 12.8. The van der Waals surface area contributed by atoms with Gasteiger partial charge in [0, 0.05) is 12.3 Å². The normalized spacial score (nSPS) is 21.6. The van der Waals surface area contributed by atoms with Gasteiger partial charge in [-0.3, -0.25) is 8.98 Å². The fraction of sp³-hybridized carbons (Fsp3) is 0.375. The number of rotatable bonds is 7. The zero-order valence-corrected chi connectivity index (χ0v) is 20.1. The fourth-order valence-corrected chi connectivity index (χ4v) is 6.46. The molecule has 0 spiro atoms. The minimum Gasteiger partial charge on any atom is -0.375 e. The number of carbonyl (C=O) groups is 1. The van der Waals surface area contributed by atoms with Crippen molar-refractivity contribution in [3.63, 3.8) is 0 Å². The summed E-state index contributed by atoms with van der Waals surface area (Å²) in [5.41, 5.74) is 2.35. The van der Waals surface area contributed by atoms with E-state index in [1.54, 1.807) is 24.3 Å². The monoisotopic (exact) mass is 490 g/mol. The van der Waals surface area contributed by atoms with Crippen LogP contribution >= 0.6 is 0 Å². The number of aryl methyl sites for hydroxylation is 2. The maximum absolute atomic E-state index is 12.8. The lowest BCUT2D eigenvalue weighted by molar-refractivity contribution is -0.116. The van der Waals surface area contributed by atoms with Gasteiger partial charge in [0.15, 0.2) is 11.5 Å². The van der Waals surface area contributed by atoms with Gasteiger partial charge < -0.3 is 4.18 Å². The molecule has 2 aromatic rings. The van der Waals surface area contributed by atoms with Crippen LogP contribution in [0, 0.1) is 19.8 Å². The standard InChI is InChI=1S/C24H26O7S2/c1-16-6-10-18(11-7-16)32(26,27)30-23-5-3-4-20(23)21-14-15-22(25)24(21)31-33(28,29)19-12-8-17(2)9-13-19/h6-13,20,23H,3-5,14-15H2,1-2H3/t20-,23+/m1/s1. The first-order valence-corrected chi connectivity index (χ1v) is 13.7. The Hall–Kier alpha value is -2.49. The average molecular weight is 491 g/mol. The minimum atomic E-state index is -4.19. The van der Waals surface area contributed by atoms with Crippen molar-refractivity contribution in [1.82, 2.24) is 0 Å². The summed E-state index contributed by atoms with van der Waals surface area (Å²) in [5.74, 6) is -0.989. The Labute approximate surface area is 194 Å². The summed E-state index contributed by atoms with van der Waals surface area (Å²) < 4.78 is 62.1. The highest BCUT2D eigenvalue weighted by molar-refractivity contribution is 7.87. The lowest BCUT2D eigenvalue weighted by Gasteiger charge is -2.22. The molecule has 2 aromatic carbocycles. The second-order valence-corrected chi connectivity index (χ2v) is 11.7. The van der Waals surface area contributed by atoms with Crippen molar-refractivity contribution in [1.29, 1.82) is 0 Å². The number of Topliss-reactive ketones (excluding diaryl/α,β-unsaturated/α-hetero) is 1. The van der Waals surface area contributed by atoms with Crippen molar-refractivity contribution in [3.8, 4) is 0 Å². The van der Waals surface area contributed by atoms with Crippen molar-refractivity contribution in [2.75, 3.05) is 0 Å². The van der Waals surface area contributed by atoms with Crippen LogP contribution in [0.5, 0.6) is 0 Å². The van der Waals surface area contributed by atoms with Gasteiger partial charge in [-0.2, -0.15) is 16.8 Å². The van der Waals surface area contributed by atoms with Crippen molar-refractivity contribution in [2.45, 2.75) is 61.8 Å². The smallest absolute Gasteiger partial charge is 0.339 e. The van der Waals surface area contributed by atoms with Crippen LogP contribution in [-0.4, -0.2) is 28.7 Å². The highest BCUT2D eigenvalue weighted by Crippen LogP contribution is 2.42. The molecule has 4 rings (SSSR count). The van der Waals surface area contributed by atoms with E-state index in [-0.39, 0.29) is 22.0 Å². The number of ketones is 1. The van der Waals surface area contributed by atoms with E-state index in [9.17, 15) is 21.6 Å². The summed E-state index contributed by atoms with van der Waals surface area (Å²) in [4.78, 5) is 12.6. The summed E-state index contributed by atoms with van der Waals surface area (Å²) in [7, 11) is -8.20. The van der Waals surface area contributed by atoms with Crippen LogP contribution in [0.3, 0.4) is 0 Å². The summed E-state index contributed by atoms with van der Waals surface area (Å²) in [6, 6.07) is 12.5. The van der Waals surface area contributed by atoms with Gasteiger partial charge in [0.25, 0.3) is 10.1 Å². The molecular formula is C24H26O7S2. The lowest BCUT2D eigenvalue weighted by Crippen LogP contribution is -2.24. The van der Waals surface area contributed by atoms with Crippen LogP contribution in [-0.2, 0) is 33.4 Å². The van der Waals surface area contributed by atoms with Gasteiger partial charge in [0.2, 0.25) is 0 Å². The molecule has 0 radical (unpaired) electrons. The van der Waals surface area contributed by atoms with Crippen LogP contribution < -0.4 is 0 Å². The van der Waals surface area contributed by atoms with E-state index in [4.69, 9.17) is 8.37 Å². The molecule has 0 bridgehead atoms. The molecular weight excluding hydrogens is 464 g/mol. The van der Waals surface area contributed by atoms with Gasteiger partial charge >= 0.3 is 10.1 Å². The molecule has 0 unspecified atom stereocenters. The molecule has 2 aliphatic rings. The lowest BCUT2D eigenvalue weighted by atomic mass is 9.94. The molecule has 176 valence electrons. The highest BCUT2D eigenvalue weighted by atomic mass is 32.2. The Kier molecular flexibility index (Phi) is 6.48. The zero-order chi connectivity index (χ0) is 23.8. The highest BCUT2D eigenvalue weighted by Gasteiger charge is 2.41. The Morgan fingerprint density at radius 2 is 1.30 bits per heavy atom. The zero-order valence-electron chi connectivity index (χ0n) is 18.5. The molecule has 7 nitrogen and oxygen atoms in total. The first-order chi connectivity index (χ1) is 15.6. The van der Waals surface area contributed by atoms with Crippen LogP contribution in [0.25, 0.3) is 0 Å². The van der Waals surface area contributed by atoms with E-state index in [0.29, 0.717) is 31.3 Å². The van der Waals surface area contributed by atoms with E-state index in [1.165, 1.54) is 24.3 Å². The second-order valence-electron chi connectivity index (χ2n) is 8.57. The number of allylic oxidation sites excluding steroid dienone is 1.